The molecular weight excluding hydrogens is 278 g/mol. The lowest BCUT2D eigenvalue weighted by molar-refractivity contribution is -0.129. The van der Waals surface area contributed by atoms with Gasteiger partial charge < -0.3 is 9.80 Å². The quantitative estimate of drug-likeness (QED) is 0.634. The van der Waals surface area contributed by atoms with Gasteiger partial charge in [-0.3, -0.25) is 4.79 Å². The number of anilines is 1. The van der Waals surface area contributed by atoms with E-state index in [2.05, 4.69) is 9.89 Å². The van der Waals surface area contributed by atoms with Crippen LogP contribution >= 0.6 is 0 Å². The SMILES string of the molecule is CN1CCN(c2ccccc2C2(N=C=O)CCCC2)CC1=O. The Morgan fingerprint density at radius 3 is 2.59 bits per heavy atom. The van der Waals surface area contributed by atoms with Crippen LogP contribution in [0.4, 0.5) is 5.69 Å². The van der Waals surface area contributed by atoms with E-state index >= 15 is 0 Å². The van der Waals surface area contributed by atoms with E-state index in [1.165, 1.54) is 0 Å². The third-order valence-electron chi connectivity index (χ3n) is 4.89. The van der Waals surface area contributed by atoms with Gasteiger partial charge in [0.15, 0.2) is 0 Å². The summed E-state index contributed by atoms with van der Waals surface area (Å²) in [6.45, 7) is 1.91. The number of carbonyl (C=O) groups excluding carboxylic acids is 2. The number of isocyanates is 1. The molecule has 0 spiro atoms. The Kier molecular flexibility index (Phi) is 3.99. The molecule has 1 aliphatic heterocycles. The summed E-state index contributed by atoms with van der Waals surface area (Å²) < 4.78 is 0. The summed E-state index contributed by atoms with van der Waals surface area (Å²) in [6.07, 6.45) is 5.67. The summed E-state index contributed by atoms with van der Waals surface area (Å²) in [6, 6.07) is 8.05. The molecule has 0 aromatic heterocycles. The van der Waals surface area contributed by atoms with Gasteiger partial charge >= 0.3 is 0 Å². The second-order valence-electron chi connectivity index (χ2n) is 6.20. The van der Waals surface area contributed by atoms with Gasteiger partial charge in [-0.2, -0.15) is 4.99 Å². The fraction of sp³-hybridized carbons (Fsp3) is 0.529. The van der Waals surface area contributed by atoms with Gasteiger partial charge in [0, 0.05) is 31.4 Å². The lowest BCUT2D eigenvalue weighted by Crippen LogP contribution is -2.49. The van der Waals surface area contributed by atoms with Crippen LogP contribution in [0.1, 0.15) is 31.2 Å². The van der Waals surface area contributed by atoms with E-state index < -0.39 is 5.54 Å². The molecule has 0 bridgehead atoms. The molecule has 0 radical (unpaired) electrons. The van der Waals surface area contributed by atoms with Gasteiger partial charge in [-0.05, 0) is 18.9 Å². The molecule has 1 aromatic rings. The Labute approximate surface area is 130 Å². The van der Waals surface area contributed by atoms with E-state index in [-0.39, 0.29) is 5.91 Å². The third-order valence-corrected chi connectivity index (χ3v) is 4.89. The van der Waals surface area contributed by atoms with Crippen LogP contribution in [-0.4, -0.2) is 43.6 Å². The Hall–Kier alpha value is -2.13. The molecule has 0 atom stereocenters. The molecule has 1 saturated carbocycles. The average Bonchev–Trinajstić information content (AvgIpc) is 3.00. The Balaban J connectivity index is 2.00. The lowest BCUT2D eigenvalue weighted by atomic mass is 9.87. The van der Waals surface area contributed by atoms with Crippen molar-refractivity contribution in [3.05, 3.63) is 29.8 Å². The predicted molar refractivity (Wildman–Crippen MR) is 84.6 cm³/mol. The maximum Gasteiger partial charge on any atom is 0.241 e. The number of piperazine rings is 1. The van der Waals surface area contributed by atoms with E-state index in [9.17, 15) is 9.59 Å². The smallest absolute Gasteiger partial charge is 0.241 e. The van der Waals surface area contributed by atoms with Crippen LogP contribution in [-0.2, 0) is 15.1 Å². The molecule has 2 fully saturated rings. The molecule has 1 aromatic carbocycles. The minimum absolute atomic E-state index is 0.125. The van der Waals surface area contributed by atoms with Crippen molar-refractivity contribution in [1.82, 2.24) is 4.90 Å². The predicted octanol–water partition coefficient (Wildman–Crippen LogP) is 2.07. The Morgan fingerprint density at radius 1 is 1.18 bits per heavy atom. The largest absolute Gasteiger partial charge is 0.360 e. The van der Waals surface area contributed by atoms with Crippen molar-refractivity contribution in [2.75, 3.05) is 31.6 Å². The summed E-state index contributed by atoms with van der Waals surface area (Å²) in [4.78, 5) is 31.0. The van der Waals surface area contributed by atoms with Gasteiger partial charge in [-0.25, -0.2) is 4.79 Å². The molecule has 1 aliphatic carbocycles. The number of nitrogens with zero attached hydrogens (tertiary/aromatic N) is 3. The van der Waals surface area contributed by atoms with Crippen molar-refractivity contribution < 1.29 is 9.59 Å². The highest BCUT2D eigenvalue weighted by atomic mass is 16.2. The standard InChI is InChI=1S/C17H21N3O2/c1-19-10-11-20(12-16(19)22)15-7-3-2-6-14(15)17(18-13-21)8-4-5-9-17/h2-3,6-7H,4-5,8-12H2,1H3. The Bertz CT molecular complexity index is 616. The summed E-state index contributed by atoms with van der Waals surface area (Å²) in [5.74, 6) is 0.125. The van der Waals surface area contributed by atoms with Crippen molar-refractivity contribution in [1.29, 1.82) is 0 Å². The molecule has 1 amide bonds. The highest BCUT2D eigenvalue weighted by Gasteiger charge is 2.38. The van der Waals surface area contributed by atoms with Gasteiger partial charge in [0.05, 0.1) is 6.54 Å². The van der Waals surface area contributed by atoms with Crippen molar-refractivity contribution >= 4 is 17.7 Å². The number of amides is 1. The fourth-order valence-corrected chi connectivity index (χ4v) is 3.60. The minimum atomic E-state index is -0.454. The first-order valence-corrected chi connectivity index (χ1v) is 7.84. The van der Waals surface area contributed by atoms with Gasteiger partial charge in [-0.15, -0.1) is 0 Å². The van der Waals surface area contributed by atoms with Gasteiger partial charge in [-0.1, -0.05) is 31.0 Å². The van der Waals surface area contributed by atoms with E-state index in [1.54, 1.807) is 11.0 Å². The molecule has 1 saturated heterocycles. The zero-order chi connectivity index (χ0) is 15.6. The Morgan fingerprint density at radius 2 is 1.91 bits per heavy atom. The zero-order valence-electron chi connectivity index (χ0n) is 12.9. The molecule has 2 aliphatic rings. The number of carbonyl (C=O) groups is 1. The van der Waals surface area contributed by atoms with Gasteiger partial charge in [0.2, 0.25) is 12.0 Å². The molecular formula is C17H21N3O2. The van der Waals surface area contributed by atoms with Crippen molar-refractivity contribution in [2.45, 2.75) is 31.2 Å². The molecule has 22 heavy (non-hydrogen) atoms. The molecule has 0 unspecified atom stereocenters. The normalized spacial score (nSPS) is 20.9. The highest BCUT2D eigenvalue weighted by molar-refractivity contribution is 5.83. The first-order chi connectivity index (χ1) is 10.7. The summed E-state index contributed by atoms with van der Waals surface area (Å²) >= 11 is 0. The summed E-state index contributed by atoms with van der Waals surface area (Å²) in [5.41, 5.74) is 1.64. The monoisotopic (exact) mass is 299 g/mol. The molecule has 5 nitrogen and oxygen atoms in total. The van der Waals surface area contributed by atoms with E-state index in [4.69, 9.17) is 0 Å². The van der Waals surface area contributed by atoms with E-state index in [0.29, 0.717) is 6.54 Å². The number of benzene rings is 1. The van der Waals surface area contributed by atoms with Crippen LogP contribution in [0, 0.1) is 0 Å². The van der Waals surface area contributed by atoms with Crippen LogP contribution in [0.15, 0.2) is 29.3 Å². The first kappa shape index (κ1) is 14.8. The third kappa shape index (κ3) is 2.53. The number of hydrogen-bond acceptors (Lipinski definition) is 4. The minimum Gasteiger partial charge on any atom is -0.360 e. The number of para-hydroxylation sites is 1. The van der Waals surface area contributed by atoms with Crippen LogP contribution in [0.5, 0.6) is 0 Å². The highest BCUT2D eigenvalue weighted by Crippen LogP contribution is 2.45. The average molecular weight is 299 g/mol. The molecule has 1 heterocycles. The molecule has 5 heteroatoms. The topological polar surface area (TPSA) is 53.0 Å². The van der Waals surface area contributed by atoms with Crippen LogP contribution in [0.3, 0.4) is 0 Å². The number of rotatable bonds is 3. The maximum absolute atomic E-state index is 12.0. The number of hydrogen-bond donors (Lipinski definition) is 0. The van der Waals surface area contributed by atoms with Gasteiger partial charge in [0.25, 0.3) is 0 Å². The van der Waals surface area contributed by atoms with Crippen molar-refractivity contribution in [3.8, 4) is 0 Å². The van der Waals surface area contributed by atoms with Crippen molar-refractivity contribution in [2.24, 2.45) is 4.99 Å². The summed E-state index contributed by atoms with van der Waals surface area (Å²) in [5, 5.41) is 0. The lowest BCUT2D eigenvalue weighted by Gasteiger charge is -2.37. The fourth-order valence-electron chi connectivity index (χ4n) is 3.60. The van der Waals surface area contributed by atoms with Crippen molar-refractivity contribution in [3.63, 3.8) is 0 Å². The zero-order valence-corrected chi connectivity index (χ0v) is 12.9. The summed E-state index contributed by atoms with van der Waals surface area (Å²) in [7, 11) is 1.83. The van der Waals surface area contributed by atoms with Gasteiger partial charge in [0.1, 0.15) is 5.54 Å². The number of aliphatic imine (C=N–C) groups is 1. The van der Waals surface area contributed by atoms with E-state index in [1.807, 2.05) is 31.3 Å². The van der Waals surface area contributed by atoms with Crippen LogP contribution in [0.25, 0.3) is 0 Å². The van der Waals surface area contributed by atoms with Crippen LogP contribution in [0.2, 0.25) is 0 Å². The van der Waals surface area contributed by atoms with E-state index in [0.717, 1.165) is 50.0 Å². The molecule has 3 rings (SSSR count). The maximum atomic E-state index is 12.0. The molecule has 0 N–H and O–H groups in total. The van der Waals surface area contributed by atoms with Crippen LogP contribution < -0.4 is 4.90 Å². The number of likely N-dealkylation sites (N-methyl/N-ethyl adjacent to an activating group) is 1. The molecule has 116 valence electrons. The second kappa shape index (κ2) is 5.93. The second-order valence-corrected chi connectivity index (χ2v) is 6.20. The first-order valence-electron chi connectivity index (χ1n) is 7.84.